The highest BCUT2D eigenvalue weighted by molar-refractivity contribution is 9.10. The molecule has 0 aromatic heterocycles. The predicted molar refractivity (Wildman–Crippen MR) is 77.2 cm³/mol. The van der Waals surface area contributed by atoms with Crippen molar-refractivity contribution in [2.45, 2.75) is 12.8 Å². The van der Waals surface area contributed by atoms with Crippen molar-refractivity contribution in [1.82, 2.24) is 4.90 Å². The Bertz CT molecular complexity index is 615. The van der Waals surface area contributed by atoms with Gasteiger partial charge in [-0.05, 0) is 22.0 Å². The van der Waals surface area contributed by atoms with Crippen molar-refractivity contribution in [3.8, 4) is 12.1 Å². The van der Waals surface area contributed by atoms with Gasteiger partial charge in [-0.15, -0.1) is 0 Å². The van der Waals surface area contributed by atoms with E-state index in [9.17, 15) is 14.9 Å². The molecule has 0 saturated heterocycles. The standard InChI is InChI=1S/C13H11BrN4O3/c14-12-10(4-1-5-11(12)18(20)21)13(19)17(8-2-6-15)9-3-7-16/h1,4-5H,2-3,8-9H2. The Morgan fingerprint density at radius 1 is 1.29 bits per heavy atom. The summed E-state index contributed by atoms with van der Waals surface area (Å²) in [6.45, 7) is 0.346. The van der Waals surface area contributed by atoms with Crippen LogP contribution in [0.3, 0.4) is 0 Å². The molecule has 0 saturated carbocycles. The third-order valence-corrected chi connectivity index (χ3v) is 3.51. The number of rotatable bonds is 6. The van der Waals surface area contributed by atoms with Crippen LogP contribution in [-0.4, -0.2) is 28.8 Å². The van der Waals surface area contributed by atoms with E-state index in [-0.39, 0.29) is 41.7 Å². The van der Waals surface area contributed by atoms with Crippen LogP contribution in [0.15, 0.2) is 22.7 Å². The van der Waals surface area contributed by atoms with Gasteiger partial charge in [0.15, 0.2) is 0 Å². The van der Waals surface area contributed by atoms with Crippen molar-refractivity contribution >= 4 is 27.5 Å². The maximum Gasteiger partial charge on any atom is 0.284 e. The van der Waals surface area contributed by atoms with Crippen molar-refractivity contribution in [2.75, 3.05) is 13.1 Å². The van der Waals surface area contributed by atoms with E-state index in [1.165, 1.54) is 23.1 Å². The van der Waals surface area contributed by atoms with Crippen LogP contribution in [0.5, 0.6) is 0 Å². The molecule has 0 unspecified atom stereocenters. The first kappa shape index (κ1) is 16.6. The van der Waals surface area contributed by atoms with Gasteiger partial charge in [0, 0.05) is 19.2 Å². The highest BCUT2D eigenvalue weighted by atomic mass is 79.9. The molecule has 1 aromatic rings. The van der Waals surface area contributed by atoms with Crippen molar-refractivity contribution in [2.24, 2.45) is 0 Å². The lowest BCUT2D eigenvalue weighted by atomic mass is 10.1. The second-order valence-corrected chi connectivity index (χ2v) is 4.80. The molecule has 1 amide bonds. The number of amides is 1. The van der Waals surface area contributed by atoms with Crippen LogP contribution in [0.1, 0.15) is 23.2 Å². The number of nitriles is 2. The Morgan fingerprint density at radius 2 is 1.86 bits per heavy atom. The molecule has 0 N–H and O–H groups in total. The summed E-state index contributed by atoms with van der Waals surface area (Å²) in [5.41, 5.74) is -0.0681. The van der Waals surface area contributed by atoms with Gasteiger partial charge >= 0.3 is 0 Å². The molecule has 0 atom stereocenters. The zero-order valence-electron chi connectivity index (χ0n) is 11.0. The van der Waals surface area contributed by atoms with E-state index in [4.69, 9.17) is 10.5 Å². The monoisotopic (exact) mass is 350 g/mol. The van der Waals surface area contributed by atoms with Crippen LogP contribution in [-0.2, 0) is 0 Å². The SMILES string of the molecule is N#CCCN(CCC#N)C(=O)c1cccc([N+](=O)[O-])c1Br. The van der Waals surface area contributed by atoms with Gasteiger partial charge in [0.05, 0.1) is 35.5 Å². The number of hydrogen-bond acceptors (Lipinski definition) is 5. The first-order valence-corrected chi connectivity index (χ1v) is 6.78. The third-order valence-electron chi connectivity index (χ3n) is 2.68. The van der Waals surface area contributed by atoms with Crippen molar-refractivity contribution < 1.29 is 9.72 Å². The first-order chi connectivity index (χ1) is 10.0. The van der Waals surface area contributed by atoms with E-state index < -0.39 is 10.8 Å². The van der Waals surface area contributed by atoms with E-state index in [0.29, 0.717) is 0 Å². The maximum atomic E-state index is 12.4. The zero-order valence-corrected chi connectivity index (χ0v) is 12.5. The van der Waals surface area contributed by atoms with E-state index in [2.05, 4.69) is 15.9 Å². The molecular weight excluding hydrogens is 340 g/mol. The molecular formula is C13H11BrN4O3. The van der Waals surface area contributed by atoms with Gasteiger partial charge in [-0.3, -0.25) is 14.9 Å². The molecule has 0 fully saturated rings. The van der Waals surface area contributed by atoms with Crippen molar-refractivity contribution in [3.63, 3.8) is 0 Å². The molecule has 1 rings (SSSR count). The summed E-state index contributed by atoms with van der Waals surface area (Å²) in [4.78, 5) is 24.0. The van der Waals surface area contributed by atoms with Gasteiger partial charge in [0.25, 0.3) is 11.6 Å². The quantitative estimate of drug-likeness (QED) is 0.578. The van der Waals surface area contributed by atoms with Gasteiger partial charge in [-0.1, -0.05) is 6.07 Å². The van der Waals surface area contributed by atoms with Crippen LogP contribution in [0.25, 0.3) is 0 Å². The number of halogens is 1. The summed E-state index contributed by atoms with van der Waals surface area (Å²) in [6.07, 6.45) is 0.257. The topological polar surface area (TPSA) is 111 Å². The fourth-order valence-corrected chi connectivity index (χ4v) is 2.26. The highest BCUT2D eigenvalue weighted by Crippen LogP contribution is 2.29. The van der Waals surface area contributed by atoms with Crippen LogP contribution in [0, 0.1) is 32.8 Å². The number of nitrogens with zero attached hydrogens (tertiary/aromatic N) is 4. The molecule has 7 nitrogen and oxygen atoms in total. The minimum atomic E-state index is -0.588. The van der Waals surface area contributed by atoms with Crippen LogP contribution >= 0.6 is 15.9 Å². The Hall–Kier alpha value is -2.45. The number of nitro benzene ring substituents is 1. The van der Waals surface area contributed by atoms with Gasteiger partial charge in [-0.2, -0.15) is 10.5 Å². The molecule has 21 heavy (non-hydrogen) atoms. The third kappa shape index (κ3) is 4.26. The summed E-state index contributed by atoms with van der Waals surface area (Å²) in [5.74, 6) is -0.448. The minimum absolute atomic E-state index is 0.0962. The molecule has 1 aromatic carbocycles. The average Bonchev–Trinajstić information content (AvgIpc) is 2.46. The lowest BCUT2D eigenvalue weighted by molar-refractivity contribution is -0.385. The summed E-state index contributed by atoms with van der Waals surface area (Å²) in [6, 6.07) is 8.03. The van der Waals surface area contributed by atoms with E-state index in [1.807, 2.05) is 12.1 Å². The smallest absolute Gasteiger partial charge is 0.284 e. The molecule has 108 valence electrons. The number of carbonyl (C=O) groups excluding carboxylic acids is 1. The molecule has 0 aliphatic carbocycles. The molecule has 0 radical (unpaired) electrons. The number of benzene rings is 1. The Balaban J connectivity index is 3.09. The molecule has 0 bridgehead atoms. The molecule has 0 heterocycles. The van der Waals surface area contributed by atoms with Gasteiger partial charge < -0.3 is 4.90 Å². The minimum Gasteiger partial charge on any atom is -0.337 e. The van der Waals surface area contributed by atoms with Crippen LogP contribution < -0.4 is 0 Å². The van der Waals surface area contributed by atoms with Crippen LogP contribution in [0.2, 0.25) is 0 Å². The van der Waals surface area contributed by atoms with Gasteiger partial charge in [0.2, 0.25) is 0 Å². The predicted octanol–water partition coefficient (Wildman–Crippen LogP) is 2.63. The summed E-state index contributed by atoms with van der Waals surface area (Å²) >= 11 is 3.07. The summed E-state index contributed by atoms with van der Waals surface area (Å²) in [7, 11) is 0. The first-order valence-electron chi connectivity index (χ1n) is 5.99. The number of carbonyl (C=O) groups is 1. The molecule has 0 aliphatic rings. The van der Waals surface area contributed by atoms with Crippen LogP contribution in [0.4, 0.5) is 5.69 Å². The number of hydrogen-bond donors (Lipinski definition) is 0. The largest absolute Gasteiger partial charge is 0.337 e. The Morgan fingerprint density at radius 3 is 2.33 bits per heavy atom. The normalized spacial score (nSPS) is 9.48. The summed E-state index contributed by atoms with van der Waals surface area (Å²) in [5, 5.41) is 28.1. The zero-order chi connectivity index (χ0) is 15.8. The van der Waals surface area contributed by atoms with Crippen molar-refractivity contribution in [3.05, 3.63) is 38.3 Å². The lowest BCUT2D eigenvalue weighted by Crippen LogP contribution is -2.33. The fraction of sp³-hybridized carbons (Fsp3) is 0.308. The second kappa shape index (κ2) is 7.98. The fourth-order valence-electron chi connectivity index (χ4n) is 1.68. The maximum absolute atomic E-state index is 12.4. The lowest BCUT2D eigenvalue weighted by Gasteiger charge is -2.20. The second-order valence-electron chi connectivity index (χ2n) is 4.00. The van der Waals surface area contributed by atoms with E-state index >= 15 is 0 Å². The molecule has 0 aliphatic heterocycles. The van der Waals surface area contributed by atoms with E-state index in [1.54, 1.807) is 0 Å². The van der Waals surface area contributed by atoms with Gasteiger partial charge in [-0.25, -0.2) is 0 Å². The van der Waals surface area contributed by atoms with Crippen molar-refractivity contribution in [1.29, 1.82) is 10.5 Å². The Kier molecular flexibility index (Phi) is 6.31. The highest BCUT2D eigenvalue weighted by Gasteiger charge is 2.23. The summed E-state index contributed by atoms with van der Waals surface area (Å²) < 4.78 is 0.0962. The number of nitro groups is 1. The Labute approximate surface area is 129 Å². The average molecular weight is 351 g/mol. The van der Waals surface area contributed by atoms with Gasteiger partial charge in [0.1, 0.15) is 4.47 Å². The van der Waals surface area contributed by atoms with E-state index in [0.717, 1.165) is 0 Å². The molecule has 0 spiro atoms. The molecule has 8 heteroatoms.